The van der Waals surface area contributed by atoms with E-state index in [0.29, 0.717) is 4.57 Å². The average molecular weight is 1170 g/mol. The predicted octanol–water partition coefficient (Wildman–Crippen LogP) is -3.02. The van der Waals surface area contributed by atoms with Crippen LogP contribution in [0.1, 0.15) is 18.7 Å². The SMILES string of the molecule is CO[C@@H]1[C@H](P(=O)(O)OC[C@H]2O[C@@H](n3ccc(=O)[nH]c3=O)[C@H](O)[C@@H]2O)[C@@H](COP(=O)(O)OP(=O)(O)OP(=O)(O)OC[C@H]2O[C@@H]([n+]3cn(C)c4c(=O)[nH]c(N)nc43)[C@H](O)[C@@H]2COC(F)(F)F)O[C@H]1n1cnc2c(N)ncnc21. The summed E-state index contributed by atoms with van der Waals surface area (Å²) in [4.78, 5) is 99.7. The second kappa shape index (κ2) is 21.5. The van der Waals surface area contributed by atoms with Gasteiger partial charge in [0.05, 0.1) is 45.9 Å². The molecule has 0 radical (unpaired) electrons. The number of nitrogens with one attached hydrogen (secondary N) is 2. The second-order valence-electron chi connectivity index (χ2n) is 16.7. The molecule has 13 N–H and O–H groups in total. The van der Waals surface area contributed by atoms with E-state index >= 15 is 0 Å². The summed E-state index contributed by atoms with van der Waals surface area (Å²) in [6, 6.07) is 0.901. The van der Waals surface area contributed by atoms with Gasteiger partial charge >= 0.3 is 48.8 Å². The average Bonchev–Trinajstić information content (AvgIpc) is 4.12. The van der Waals surface area contributed by atoms with Crippen LogP contribution in [-0.2, 0) is 71.2 Å². The van der Waals surface area contributed by atoms with Crippen LogP contribution in [0, 0.1) is 5.92 Å². The first-order valence-corrected chi connectivity index (χ1v) is 27.4. The lowest BCUT2D eigenvalue weighted by atomic mass is 9.99. The summed E-state index contributed by atoms with van der Waals surface area (Å²) < 4.78 is 147. The van der Waals surface area contributed by atoms with Crippen molar-refractivity contribution < 1.29 is 117 Å². The number of aliphatic hydroxyl groups is 3. The van der Waals surface area contributed by atoms with Crippen LogP contribution in [0.15, 0.2) is 45.6 Å². The van der Waals surface area contributed by atoms with E-state index in [1.165, 1.54) is 11.6 Å². The molecular formula is C33H44F3N12O24P4+. The number of imidazole rings is 2. The van der Waals surface area contributed by atoms with E-state index in [0.717, 1.165) is 47.5 Å². The molecule has 3 aliphatic rings. The maximum absolute atomic E-state index is 14.3. The summed E-state index contributed by atoms with van der Waals surface area (Å²) in [5, 5.41) is 32.6. The molecule has 76 heavy (non-hydrogen) atoms. The zero-order valence-corrected chi connectivity index (χ0v) is 41.9. The smallest absolute Gasteiger partial charge is 0.387 e. The number of nitrogens with two attached hydrogens (primary N) is 2. The summed E-state index contributed by atoms with van der Waals surface area (Å²) in [6.45, 7) is -5.15. The van der Waals surface area contributed by atoms with Gasteiger partial charge in [-0.25, -0.2) is 38.0 Å². The van der Waals surface area contributed by atoms with Gasteiger partial charge in [0, 0.05) is 25.3 Å². The molecule has 8 heterocycles. The molecule has 3 fully saturated rings. The van der Waals surface area contributed by atoms with E-state index in [4.69, 9.17) is 44.0 Å². The Morgan fingerprint density at radius 3 is 2.09 bits per heavy atom. The molecular weight excluding hydrogens is 1130 g/mol. The van der Waals surface area contributed by atoms with E-state index in [1.807, 2.05) is 4.98 Å². The zero-order valence-electron chi connectivity index (χ0n) is 38.4. The third-order valence-corrected chi connectivity index (χ3v) is 17.9. The summed E-state index contributed by atoms with van der Waals surface area (Å²) in [5.74, 6) is -2.34. The first kappa shape index (κ1) is 57.4. The highest BCUT2D eigenvalue weighted by Crippen LogP contribution is 2.68. The van der Waals surface area contributed by atoms with Gasteiger partial charge < -0.3 is 69.8 Å². The minimum absolute atomic E-state index is 0.00468. The molecule has 3 saturated heterocycles. The number of aromatic amines is 2. The Hall–Kier alpha value is -4.79. The number of aromatic nitrogens is 10. The number of anilines is 2. The third kappa shape index (κ3) is 12.1. The number of rotatable bonds is 20. The van der Waals surface area contributed by atoms with Crippen molar-refractivity contribution in [2.45, 2.75) is 73.4 Å². The molecule has 0 saturated carbocycles. The fourth-order valence-electron chi connectivity index (χ4n) is 8.47. The Balaban J connectivity index is 0.966. The summed E-state index contributed by atoms with van der Waals surface area (Å²) in [5.41, 5.74) is 6.42. The van der Waals surface area contributed by atoms with Gasteiger partial charge in [-0.15, -0.1) is 13.2 Å². The number of fused-ring (bicyclic) bond motifs is 2. The normalized spacial score (nSPS) is 30.4. The lowest BCUT2D eigenvalue weighted by Crippen LogP contribution is -2.46. The highest BCUT2D eigenvalue weighted by atomic mass is 31.3. The number of ether oxygens (including phenoxy) is 5. The highest BCUT2D eigenvalue weighted by molar-refractivity contribution is 7.66. The minimum atomic E-state index is -6.36. The van der Waals surface area contributed by atoms with Crippen LogP contribution in [0.3, 0.4) is 0 Å². The van der Waals surface area contributed by atoms with E-state index in [9.17, 15) is 80.7 Å². The van der Waals surface area contributed by atoms with Crippen LogP contribution < -0.4 is 32.8 Å². The van der Waals surface area contributed by atoms with Crippen molar-refractivity contribution in [2.75, 3.05) is 45.0 Å². The Bertz CT molecular complexity index is 3360. The highest BCUT2D eigenvalue weighted by Gasteiger charge is 2.58. The molecule has 0 bridgehead atoms. The van der Waals surface area contributed by atoms with Crippen molar-refractivity contribution >= 4 is 65.2 Å². The lowest BCUT2D eigenvalue weighted by molar-refractivity contribution is -0.745. The first-order valence-electron chi connectivity index (χ1n) is 21.3. The Labute approximate surface area is 418 Å². The van der Waals surface area contributed by atoms with Crippen molar-refractivity contribution in [3.63, 3.8) is 0 Å². The Kier molecular flexibility index (Phi) is 16.2. The number of nitrogens with zero attached hydrogens (tertiary/aromatic N) is 8. The number of alkyl halides is 3. The molecule has 5 aromatic rings. The maximum atomic E-state index is 14.3. The zero-order chi connectivity index (χ0) is 55.6. The second-order valence-corrected chi connectivity index (χ2v) is 23.3. The fraction of sp³-hybridized carbons (Fsp3) is 0.576. The van der Waals surface area contributed by atoms with Crippen LogP contribution in [-0.4, -0.2) is 167 Å². The number of aryl methyl sites for hydroxylation is 1. The van der Waals surface area contributed by atoms with Crippen molar-refractivity contribution in [3.8, 4) is 0 Å². The van der Waals surface area contributed by atoms with Crippen LogP contribution in [0.2, 0.25) is 0 Å². The van der Waals surface area contributed by atoms with Crippen LogP contribution >= 0.6 is 31.1 Å². The summed E-state index contributed by atoms with van der Waals surface area (Å²) in [6.07, 6.45) is -19.0. The number of aliphatic hydroxyl groups excluding tert-OH is 3. The lowest BCUT2D eigenvalue weighted by Gasteiger charge is -2.28. The van der Waals surface area contributed by atoms with Gasteiger partial charge in [0.2, 0.25) is 11.7 Å². The van der Waals surface area contributed by atoms with Gasteiger partial charge in [0.15, 0.2) is 30.2 Å². The molecule has 420 valence electrons. The molecule has 0 spiro atoms. The molecule has 5 aromatic heterocycles. The van der Waals surface area contributed by atoms with Gasteiger partial charge in [-0.2, -0.15) is 8.62 Å². The summed E-state index contributed by atoms with van der Waals surface area (Å²) >= 11 is 0. The molecule has 43 heteroatoms. The number of nitrogen functional groups attached to an aromatic ring is 2. The topological polar surface area (TPSA) is 507 Å². The largest absolute Gasteiger partial charge is 0.522 e. The monoisotopic (exact) mass is 1170 g/mol. The minimum Gasteiger partial charge on any atom is -0.387 e. The molecule has 8 rings (SSSR count). The van der Waals surface area contributed by atoms with E-state index < -0.39 is 160 Å². The molecule has 4 unspecified atom stereocenters. The van der Waals surface area contributed by atoms with Crippen molar-refractivity contribution in [2.24, 2.45) is 13.0 Å². The number of halogens is 3. The van der Waals surface area contributed by atoms with Gasteiger partial charge in [-0.3, -0.25) is 51.6 Å². The fourth-order valence-corrected chi connectivity index (χ4v) is 13.7. The van der Waals surface area contributed by atoms with Crippen LogP contribution in [0.25, 0.3) is 22.3 Å². The maximum Gasteiger partial charge on any atom is 0.522 e. The Morgan fingerprint density at radius 1 is 0.803 bits per heavy atom. The predicted molar refractivity (Wildman–Crippen MR) is 236 cm³/mol. The first-order chi connectivity index (χ1) is 35.4. The standard InChI is InChI=1S/C33H43F3N12O24P4/c1-45-11-48(26-18(45)27(53)44-31(38)43-26)28-19(50)12(5-64-33(34,35)36)13(68-28)6-66-74(57,58)71-76(61,62)72-75(59,60)67-8-15-23(22(63-2)30(70-15)47-10-41-17-24(37)39-9-40-25(17)47)73(55,56)65-7-14-20(51)21(52)29(69-14)46-4-3-16(49)42-32(46)54/h3-4,9-15,19-23,28-30,50-52H,5-8H2,1-2H3,(H9-,37,38,39,40,42,43,44,49,53,54,55,56,57,58,59,60,61,62)/p+1/t12-,13-,14-,15-,19-,20-,21-,22-,23-,28-,29-,30-/m1/s1. The van der Waals surface area contributed by atoms with E-state index in [2.05, 4.69) is 38.3 Å². The number of H-pyrrole nitrogens is 2. The molecule has 0 aromatic carbocycles. The van der Waals surface area contributed by atoms with Crippen LogP contribution in [0.5, 0.6) is 0 Å². The third-order valence-electron chi connectivity index (χ3n) is 11.8. The molecule has 0 aliphatic carbocycles. The Morgan fingerprint density at radius 2 is 1.45 bits per heavy atom. The van der Waals surface area contributed by atoms with Crippen molar-refractivity contribution in [3.05, 3.63) is 62.4 Å². The van der Waals surface area contributed by atoms with Gasteiger partial charge in [0.1, 0.15) is 54.1 Å². The molecule has 16 atom stereocenters. The van der Waals surface area contributed by atoms with Gasteiger partial charge in [-0.05, 0) is 0 Å². The number of phosphoric acid groups is 3. The number of methoxy groups -OCH3 is 1. The number of hydrogen-bond acceptors (Lipinski definition) is 26. The summed E-state index contributed by atoms with van der Waals surface area (Å²) in [7, 11) is -21.5. The molecule has 0 amide bonds. The van der Waals surface area contributed by atoms with E-state index in [1.54, 1.807) is 0 Å². The quantitative estimate of drug-likeness (QED) is 0.0273. The van der Waals surface area contributed by atoms with Gasteiger partial charge in [-0.1, -0.05) is 4.98 Å². The number of phosphoric ester groups is 2. The van der Waals surface area contributed by atoms with Crippen molar-refractivity contribution in [1.29, 1.82) is 0 Å². The van der Waals surface area contributed by atoms with E-state index in [-0.39, 0.29) is 28.1 Å². The van der Waals surface area contributed by atoms with Crippen molar-refractivity contribution in [1.82, 2.24) is 43.6 Å². The molecule has 3 aliphatic heterocycles. The van der Waals surface area contributed by atoms with Gasteiger partial charge in [0.25, 0.3) is 17.1 Å². The molecule has 36 nitrogen and oxygen atoms in total. The number of hydrogen-bond donors (Lipinski definition) is 11. The van der Waals surface area contributed by atoms with Crippen LogP contribution in [0.4, 0.5) is 24.9 Å².